The molecule has 3 saturated heterocycles. The maximum absolute atomic E-state index is 11.7. The molecule has 0 amide bonds. The van der Waals surface area contributed by atoms with E-state index in [-0.39, 0.29) is 6.04 Å². The summed E-state index contributed by atoms with van der Waals surface area (Å²) in [7, 11) is 0. The van der Waals surface area contributed by atoms with Crippen LogP contribution in [0.1, 0.15) is 30.1 Å². The van der Waals surface area contributed by atoms with Gasteiger partial charge in [-0.3, -0.25) is 4.98 Å². The lowest BCUT2D eigenvalue weighted by Crippen LogP contribution is -2.67. The highest BCUT2D eigenvalue weighted by Crippen LogP contribution is 2.48. The Morgan fingerprint density at radius 3 is 2.77 bits per heavy atom. The number of benzene rings is 2. The highest BCUT2D eigenvalue weighted by atomic mass is 79.9. The van der Waals surface area contributed by atoms with E-state index in [1.165, 1.54) is 12.0 Å². The molecule has 6 rings (SSSR count). The van der Waals surface area contributed by atoms with Crippen molar-refractivity contribution in [2.24, 2.45) is 11.8 Å². The lowest BCUT2D eigenvalue weighted by Gasteiger charge is -2.58. The Bertz CT molecular complexity index is 1060. The normalized spacial score (nSPS) is 29.1. The van der Waals surface area contributed by atoms with Crippen LogP contribution in [-0.2, 0) is 6.54 Å². The number of pyridine rings is 1. The molecule has 0 saturated carbocycles. The van der Waals surface area contributed by atoms with Crippen molar-refractivity contribution in [3.8, 4) is 0 Å². The quantitative estimate of drug-likeness (QED) is 0.392. The molecule has 3 aliphatic heterocycles. The third-order valence-corrected chi connectivity index (χ3v) is 7.98. The van der Waals surface area contributed by atoms with Crippen molar-refractivity contribution in [2.45, 2.75) is 31.5 Å². The second kappa shape index (κ2) is 7.92. The first kappa shape index (κ1) is 19.9. The lowest BCUT2D eigenvalue weighted by molar-refractivity contribution is -0.984. The number of para-hydroxylation sites is 1. The number of rotatable bonds is 5. The third-order valence-electron chi connectivity index (χ3n) is 7.45. The first-order valence-corrected chi connectivity index (χ1v) is 11.6. The largest absolute Gasteiger partial charge is 0.382 e. The van der Waals surface area contributed by atoms with Crippen molar-refractivity contribution in [2.75, 3.05) is 13.1 Å². The van der Waals surface area contributed by atoms with Gasteiger partial charge in [-0.2, -0.15) is 0 Å². The summed E-state index contributed by atoms with van der Waals surface area (Å²) in [6.07, 6.45) is 5.76. The van der Waals surface area contributed by atoms with E-state index < -0.39 is 6.10 Å². The van der Waals surface area contributed by atoms with Crippen LogP contribution < -0.4 is 0 Å². The van der Waals surface area contributed by atoms with Crippen LogP contribution in [0.2, 0.25) is 0 Å². The summed E-state index contributed by atoms with van der Waals surface area (Å²) in [6, 6.07) is 19.0. The molecule has 30 heavy (non-hydrogen) atoms. The molecule has 4 heteroatoms. The zero-order valence-corrected chi connectivity index (χ0v) is 18.7. The van der Waals surface area contributed by atoms with Gasteiger partial charge in [-0.05, 0) is 35.7 Å². The highest BCUT2D eigenvalue weighted by molar-refractivity contribution is 9.10. The van der Waals surface area contributed by atoms with Gasteiger partial charge in [-0.1, -0.05) is 52.3 Å². The van der Waals surface area contributed by atoms with Gasteiger partial charge >= 0.3 is 0 Å². The summed E-state index contributed by atoms with van der Waals surface area (Å²) in [5.74, 6) is 1.16. The topological polar surface area (TPSA) is 33.1 Å². The van der Waals surface area contributed by atoms with Crippen molar-refractivity contribution in [1.82, 2.24) is 4.98 Å². The molecule has 4 heterocycles. The van der Waals surface area contributed by atoms with Crippen LogP contribution in [0.15, 0.2) is 77.9 Å². The highest BCUT2D eigenvalue weighted by Gasteiger charge is 2.53. The number of fused-ring (bicyclic) bond motifs is 4. The van der Waals surface area contributed by atoms with Crippen molar-refractivity contribution < 1.29 is 9.59 Å². The molecule has 2 bridgehead atoms. The predicted molar refractivity (Wildman–Crippen MR) is 125 cm³/mol. The third kappa shape index (κ3) is 3.41. The Labute approximate surface area is 186 Å². The van der Waals surface area contributed by atoms with Gasteiger partial charge in [0.25, 0.3) is 0 Å². The number of quaternary nitrogens is 1. The maximum atomic E-state index is 11.7. The van der Waals surface area contributed by atoms with Gasteiger partial charge in [-0.15, -0.1) is 6.58 Å². The monoisotopic (exact) mass is 463 g/mol. The second-order valence-electron chi connectivity index (χ2n) is 9.02. The van der Waals surface area contributed by atoms with Gasteiger partial charge in [-0.25, -0.2) is 0 Å². The minimum Gasteiger partial charge on any atom is -0.382 e. The zero-order valence-electron chi connectivity index (χ0n) is 17.1. The van der Waals surface area contributed by atoms with Crippen LogP contribution >= 0.6 is 15.9 Å². The number of hydrogen-bond donors (Lipinski definition) is 1. The number of piperidine rings is 3. The van der Waals surface area contributed by atoms with Gasteiger partial charge in [0.05, 0.1) is 18.6 Å². The zero-order chi connectivity index (χ0) is 20.7. The van der Waals surface area contributed by atoms with Gasteiger partial charge in [0, 0.05) is 40.4 Å². The Kier molecular flexibility index (Phi) is 5.26. The standard InChI is InChI=1S/C26H28BrN2O/c1-2-19-17-29(16-18-7-9-21(27)10-8-18)14-12-20(19)15-25(29)26(30)23-11-13-28-24-6-4-3-5-22(23)24/h2-11,13,19-20,25-26,30H,1,12,14-17H2/q+1/t19-,20-,25+,26-,29+/m0/s1. The molecule has 0 spiro atoms. The SMILES string of the molecule is C=C[C@H]1C[N@+]2(Cc3ccc(Br)cc3)CC[C@H]1C[C@@H]2[C@@H](O)c1ccnc2ccccc12. The van der Waals surface area contributed by atoms with E-state index in [0.717, 1.165) is 51.5 Å². The number of aromatic nitrogens is 1. The summed E-state index contributed by atoms with van der Waals surface area (Å²) in [5.41, 5.74) is 3.30. The van der Waals surface area contributed by atoms with Crippen LogP contribution in [0.3, 0.4) is 0 Å². The minimum atomic E-state index is -0.498. The van der Waals surface area contributed by atoms with Gasteiger partial charge < -0.3 is 9.59 Å². The molecule has 1 aromatic heterocycles. The fraction of sp³-hybridized carbons (Fsp3) is 0.346. The first-order chi connectivity index (χ1) is 14.6. The molecule has 3 aromatic rings. The second-order valence-corrected chi connectivity index (χ2v) is 9.94. The molecule has 3 aliphatic rings. The van der Waals surface area contributed by atoms with E-state index >= 15 is 0 Å². The predicted octanol–water partition coefficient (Wildman–Crippen LogP) is 5.64. The maximum Gasteiger partial charge on any atom is 0.131 e. The van der Waals surface area contributed by atoms with E-state index in [1.54, 1.807) is 0 Å². The number of aliphatic hydroxyl groups excluding tert-OH is 1. The van der Waals surface area contributed by atoms with Crippen molar-refractivity contribution >= 4 is 26.8 Å². The van der Waals surface area contributed by atoms with Gasteiger partial charge in [0.15, 0.2) is 0 Å². The van der Waals surface area contributed by atoms with E-state index in [4.69, 9.17) is 0 Å². The molecule has 5 atom stereocenters. The van der Waals surface area contributed by atoms with Crippen molar-refractivity contribution in [3.63, 3.8) is 0 Å². The lowest BCUT2D eigenvalue weighted by atomic mass is 9.71. The Balaban J connectivity index is 1.55. The van der Waals surface area contributed by atoms with Crippen LogP contribution in [0.25, 0.3) is 10.9 Å². The molecule has 0 unspecified atom stereocenters. The molecule has 3 nitrogen and oxygen atoms in total. The van der Waals surface area contributed by atoms with Crippen molar-refractivity contribution in [3.05, 3.63) is 89.0 Å². The minimum absolute atomic E-state index is 0.189. The smallest absolute Gasteiger partial charge is 0.131 e. The Morgan fingerprint density at radius 2 is 1.97 bits per heavy atom. The molecule has 0 aliphatic carbocycles. The van der Waals surface area contributed by atoms with E-state index in [9.17, 15) is 5.11 Å². The van der Waals surface area contributed by atoms with E-state index in [2.05, 4.69) is 63.9 Å². The fourth-order valence-electron chi connectivity index (χ4n) is 5.92. The molecule has 3 fully saturated rings. The van der Waals surface area contributed by atoms with Crippen molar-refractivity contribution in [1.29, 1.82) is 0 Å². The molecular formula is C26H28BrN2O+. The first-order valence-electron chi connectivity index (χ1n) is 10.8. The van der Waals surface area contributed by atoms with Crippen LogP contribution in [0.5, 0.6) is 0 Å². The molecule has 2 aromatic carbocycles. The van der Waals surface area contributed by atoms with Gasteiger partial charge in [0.1, 0.15) is 18.7 Å². The number of hydrogen-bond acceptors (Lipinski definition) is 2. The average Bonchev–Trinajstić information content (AvgIpc) is 2.79. The Morgan fingerprint density at radius 1 is 1.17 bits per heavy atom. The molecular weight excluding hydrogens is 436 g/mol. The van der Waals surface area contributed by atoms with Crippen LogP contribution in [-0.4, -0.2) is 33.7 Å². The number of nitrogens with zero attached hydrogens (tertiary/aromatic N) is 2. The van der Waals surface area contributed by atoms with Crippen LogP contribution in [0, 0.1) is 11.8 Å². The average molecular weight is 464 g/mol. The number of aliphatic hydroxyl groups is 1. The summed E-state index contributed by atoms with van der Waals surface area (Å²) in [4.78, 5) is 4.50. The summed E-state index contributed by atoms with van der Waals surface area (Å²) >= 11 is 3.55. The van der Waals surface area contributed by atoms with E-state index in [1.807, 2.05) is 30.5 Å². The summed E-state index contributed by atoms with van der Waals surface area (Å²) in [6.45, 7) is 7.27. The molecule has 154 valence electrons. The fourth-order valence-corrected chi connectivity index (χ4v) is 6.18. The summed E-state index contributed by atoms with van der Waals surface area (Å²) < 4.78 is 2.04. The number of halogens is 1. The Hall–Kier alpha value is -2.01. The summed E-state index contributed by atoms with van der Waals surface area (Å²) in [5, 5.41) is 12.8. The molecule has 1 N–H and O–H groups in total. The van der Waals surface area contributed by atoms with Crippen LogP contribution in [0.4, 0.5) is 0 Å². The van der Waals surface area contributed by atoms with Gasteiger partial charge in [0.2, 0.25) is 0 Å². The van der Waals surface area contributed by atoms with E-state index in [0.29, 0.717) is 11.8 Å². The molecule has 0 radical (unpaired) electrons.